The topological polar surface area (TPSA) is 50.1 Å². The van der Waals surface area contributed by atoms with Crippen LogP contribution in [-0.2, 0) is 0 Å². The lowest BCUT2D eigenvalue weighted by Gasteiger charge is -2.25. The zero-order valence-corrected chi connectivity index (χ0v) is 10.9. The molecule has 0 bridgehead atoms. The summed E-state index contributed by atoms with van der Waals surface area (Å²) in [5, 5.41) is 13.0. The number of rotatable bonds is 1. The first-order chi connectivity index (χ1) is 8.25. The van der Waals surface area contributed by atoms with Crippen LogP contribution in [0.25, 0.3) is 11.0 Å². The van der Waals surface area contributed by atoms with Crippen LogP contribution < -0.4 is 5.32 Å². The molecule has 1 unspecified atom stereocenters. The molecule has 2 N–H and O–H groups in total. The van der Waals surface area contributed by atoms with Crippen LogP contribution in [-0.4, -0.2) is 27.7 Å². The van der Waals surface area contributed by atoms with Gasteiger partial charge in [0.05, 0.1) is 11.0 Å². The van der Waals surface area contributed by atoms with Gasteiger partial charge in [-0.25, -0.2) is 4.98 Å². The smallest absolute Gasteiger partial charge is 0.178 e. The Hall–Kier alpha value is -1.07. The van der Waals surface area contributed by atoms with Crippen molar-refractivity contribution in [1.82, 2.24) is 14.9 Å². The van der Waals surface area contributed by atoms with Crippen molar-refractivity contribution < 1.29 is 5.11 Å². The van der Waals surface area contributed by atoms with Crippen LogP contribution in [0.3, 0.4) is 0 Å². The van der Waals surface area contributed by atoms with Crippen molar-refractivity contribution in [3.8, 4) is 5.75 Å². The minimum Gasteiger partial charge on any atom is -0.508 e. The Labute approximate surface area is 108 Å². The molecule has 0 amide bonds. The molecule has 2 heterocycles. The molecule has 0 saturated carbocycles. The third-order valence-electron chi connectivity index (χ3n) is 3.27. The molecular weight excluding hydrogens is 282 g/mol. The number of imidazole rings is 1. The van der Waals surface area contributed by atoms with Crippen LogP contribution in [0.5, 0.6) is 5.75 Å². The molecule has 1 atom stereocenters. The molecule has 2 aromatic rings. The molecule has 0 spiro atoms. The monoisotopic (exact) mass is 295 g/mol. The largest absolute Gasteiger partial charge is 0.508 e. The summed E-state index contributed by atoms with van der Waals surface area (Å²) in [5.74, 6) is 0.287. The van der Waals surface area contributed by atoms with Crippen LogP contribution in [0.15, 0.2) is 22.9 Å². The van der Waals surface area contributed by atoms with Gasteiger partial charge in [0, 0.05) is 18.7 Å². The molecule has 1 aromatic carbocycles. The van der Waals surface area contributed by atoms with E-state index in [-0.39, 0.29) is 5.75 Å². The third kappa shape index (κ3) is 1.93. The molecule has 1 aromatic heterocycles. The van der Waals surface area contributed by atoms with E-state index in [9.17, 15) is 5.11 Å². The van der Waals surface area contributed by atoms with Crippen molar-refractivity contribution in [3.63, 3.8) is 0 Å². The number of phenols is 1. The maximum absolute atomic E-state index is 9.59. The number of phenolic OH excluding ortho intramolecular Hbond substituents is 1. The predicted octanol–water partition coefficient (Wildman–Crippen LogP) is 2.43. The summed E-state index contributed by atoms with van der Waals surface area (Å²) < 4.78 is 3.01. The van der Waals surface area contributed by atoms with Gasteiger partial charge in [0.1, 0.15) is 5.75 Å². The number of aromatic nitrogens is 2. The first-order valence-corrected chi connectivity index (χ1v) is 6.62. The minimum absolute atomic E-state index is 0.287. The Morgan fingerprint density at radius 3 is 3.12 bits per heavy atom. The summed E-state index contributed by atoms with van der Waals surface area (Å²) >= 11 is 3.51. The minimum atomic E-state index is 0.287. The predicted molar refractivity (Wildman–Crippen MR) is 70.2 cm³/mol. The van der Waals surface area contributed by atoms with E-state index in [4.69, 9.17) is 0 Å². The first kappa shape index (κ1) is 11.0. The molecule has 1 aliphatic heterocycles. The summed E-state index contributed by atoms with van der Waals surface area (Å²) in [6, 6.07) is 5.71. The van der Waals surface area contributed by atoms with E-state index in [1.54, 1.807) is 12.1 Å². The molecule has 5 heteroatoms. The maximum atomic E-state index is 9.59. The second kappa shape index (κ2) is 4.31. The SMILES string of the molecule is Oc1ccc2nc(Br)n(C3CCCNC3)c2c1. The number of hydrogen-bond acceptors (Lipinski definition) is 3. The number of hydrogen-bond donors (Lipinski definition) is 2. The van der Waals surface area contributed by atoms with Crippen molar-refractivity contribution in [2.24, 2.45) is 0 Å². The zero-order chi connectivity index (χ0) is 11.8. The van der Waals surface area contributed by atoms with Crippen LogP contribution in [0.1, 0.15) is 18.9 Å². The van der Waals surface area contributed by atoms with Crippen LogP contribution in [0, 0.1) is 0 Å². The van der Waals surface area contributed by atoms with Gasteiger partial charge in [-0.3, -0.25) is 0 Å². The normalized spacial score (nSPS) is 20.9. The second-order valence-corrected chi connectivity index (χ2v) is 5.13. The molecule has 0 aliphatic carbocycles. The lowest BCUT2D eigenvalue weighted by molar-refractivity contribution is 0.373. The van der Waals surface area contributed by atoms with Crippen molar-refractivity contribution in [3.05, 3.63) is 22.9 Å². The van der Waals surface area contributed by atoms with E-state index in [1.165, 1.54) is 6.42 Å². The summed E-state index contributed by atoms with van der Waals surface area (Å²) in [7, 11) is 0. The summed E-state index contributed by atoms with van der Waals surface area (Å²) in [4.78, 5) is 4.47. The average Bonchev–Trinajstić information content (AvgIpc) is 2.65. The van der Waals surface area contributed by atoms with Crippen molar-refractivity contribution in [1.29, 1.82) is 0 Å². The molecule has 1 saturated heterocycles. The highest BCUT2D eigenvalue weighted by Gasteiger charge is 2.20. The lowest BCUT2D eigenvalue weighted by atomic mass is 10.1. The Kier molecular flexibility index (Phi) is 2.80. The van der Waals surface area contributed by atoms with Gasteiger partial charge in [0.15, 0.2) is 4.73 Å². The molecule has 1 aliphatic rings. The average molecular weight is 296 g/mol. The van der Waals surface area contributed by atoms with Crippen LogP contribution in [0.4, 0.5) is 0 Å². The quantitative estimate of drug-likeness (QED) is 0.850. The van der Waals surface area contributed by atoms with Gasteiger partial charge in [0.25, 0.3) is 0 Å². The van der Waals surface area contributed by atoms with Gasteiger partial charge in [-0.15, -0.1) is 0 Å². The summed E-state index contributed by atoms with van der Waals surface area (Å²) in [6.45, 7) is 2.05. The fourth-order valence-electron chi connectivity index (χ4n) is 2.45. The van der Waals surface area contributed by atoms with Gasteiger partial charge >= 0.3 is 0 Å². The highest BCUT2D eigenvalue weighted by Crippen LogP contribution is 2.30. The summed E-state index contributed by atoms with van der Waals surface area (Å²) in [5.41, 5.74) is 1.91. The first-order valence-electron chi connectivity index (χ1n) is 5.83. The third-order valence-corrected chi connectivity index (χ3v) is 3.83. The molecule has 4 nitrogen and oxygen atoms in total. The van der Waals surface area contributed by atoms with E-state index < -0.39 is 0 Å². The van der Waals surface area contributed by atoms with Gasteiger partial charge in [0.2, 0.25) is 0 Å². The fourth-order valence-corrected chi connectivity index (χ4v) is 3.12. The van der Waals surface area contributed by atoms with Crippen molar-refractivity contribution >= 4 is 27.0 Å². The van der Waals surface area contributed by atoms with E-state index in [0.29, 0.717) is 6.04 Å². The summed E-state index contributed by atoms with van der Waals surface area (Å²) in [6.07, 6.45) is 2.32. The maximum Gasteiger partial charge on any atom is 0.178 e. The van der Waals surface area contributed by atoms with E-state index in [1.807, 2.05) is 6.07 Å². The fraction of sp³-hybridized carbons (Fsp3) is 0.417. The van der Waals surface area contributed by atoms with Crippen LogP contribution >= 0.6 is 15.9 Å². The number of nitrogens with one attached hydrogen (secondary N) is 1. The van der Waals surface area contributed by atoms with Gasteiger partial charge in [-0.1, -0.05) is 0 Å². The number of benzene rings is 1. The van der Waals surface area contributed by atoms with Crippen LogP contribution in [0.2, 0.25) is 0 Å². The van der Waals surface area contributed by atoms with Gasteiger partial charge in [-0.05, 0) is 47.4 Å². The Bertz CT molecular complexity index is 546. The highest BCUT2D eigenvalue weighted by atomic mass is 79.9. The molecule has 90 valence electrons. The van der Waals surface area contributed by atoms with Crippen molar-refractivity contribution in [2.75, 3.05) is 13.1 Å². The number of halogens is 1. The van der Waals surface area contributed by atoms with Gasteiger partial charge < -0.3 is 15.0 Å². The Morgan fingerprint density at radius 1 is 1.47 bits per heavy atom. The highest BCUT2D eigenvalue weighted by molar-refractivity contribution is 9.10. The molecule has 17 heavy (non-hydrogen) atoms. The van der Waals surface area contributed by atoms with E-state index >= 15 is 0 Å². The van der Waals surface area contributed by atoms with E-state index in [2.05, 4.69) is 30.8 Å². The van der Waals surface area contributed by atoms with E-state index in [0.717, 1.165) is 35.3 Å². The van der Waals surface area contributed by atoms with Gasteiger partial charge in [-0.2, -0.15) is 0 Å². The molecule has 1 fully saturated rings. The molecule has 0 radical (unpaired) electrons. The number of fused-ring (bicyclic) bond motifs is 1. The molecule has 3 rings (SSSR count). The Morgan fingerprint density at radius 2 is 2.35 bits per heavy atom. The second-order valence-electron chi connectivity index (χ2n) is 4.42. The zero-order valence-electron chi connectivity index (χ0n) is 9.36. The lowest BCUT2D eigenvalue weighted by Crippen LogP contribution is -2.31. The number of aromatic hydroxyl groups is 1. The van der Waals surface area contributed by atoms with Crippen molar-refractivity contribution in [2.45, 2.75) is 18.9 Å². The number of piperidine rings is 1. The molecular formula is C12H14BrN3O. The Balaban J connectivity index is 2.13. The number of nitrogens with zero attached hydrogens (tertiary/aromatic N) is 2. The standard InChI is InChI=1S/C12H14BrN3O/c13-12-15-10-4-3-9(17)6-11(10)16(12)8-2-1-5-14-7-8/h3-4,6,8,14,17H,1-2,5,7H2.